The van der Waals surface area contributed by atoms with Crippen molar-refractivity contribution in [3.63, 3.8) is 0 Å². The minimum Gasteiger partial charge on any atom is -0.493 e. The van der Waals surface area contributed by atoms with Crippen molar-refractivity contribution >= 4 is 43.3 Å². The molecule has 1 atom stereocenters. The molecule has 6 heteroatoms. The second-order valence-electron chi connectivity index (χ2n) is 5.42. The molecular formula is C17H21BrO4S. The van der Waals surface area contributed by atoms with Crippen LogP contribution in [-0.4, -0.2) is 30.1 Å². The van der Waals surface area contributed by atoms with Crippen LogP contribution in [0.15, 0.2) is 18.2 Å². The monoisotopic (exact) mass is 400 g/mol. The Kier molecular flexibility index (Phi) is 6.72. The quantitative estimate of drug-likeness (QED) is 0.488. The van der Waals surface area contributed by atoms with Crippen LogP contribution in [0.3, 0.4) is 0 Å². The van der Waals surface area contributed by atoms with E-state index in [1.807, 2.05) is 12.1 Å². The molecule has 2 rings (SSSR count). The number of benzene rings is 1. The molecule has 126 valence electrons. The minimum absolute atomic E-state index is 0.321. The number of aryl methyl sites for hydroxylation is 1. The van der Waals surface area contributed by atoms with E-state index in [0.29, 0.717) is 13.0 Å². The largest absolute Gasteiger partial charge is 0.493 e. The Morgan fingerprint density at radius 1 is 1.35 bits per heavy atom. The second kappa shape index (κ2) is 8.55. The Morgan fingerprint density at radius 2 is 2.13 bits per heavy atom. The molecule has 0 unspecified atom stereocenters. The van der Waals surface area contributed by atoms with E-state index in [4.69, 9.17) is 14.6 Å². The number of carboxylic acids is 1. The molecule has 0 aliphatic rings. The van der Waals surface area contributed by atoms with E-state index in [2.05, 4.69) is 22.0 Å². The van der Waals surface area contributed by atoms with Gasteiger partial charge in [0.25, 0.3) is 0 Å². The lowest BCUT2D eigenvalue weighted by molar-refractivity contribution is -0.141. The van der Waals surface area contributed by atoms with E-state index in [1.54, 1.807) is 25.4 Å². The van der Waals surface area contributed by atoms with Gasteiger partial charge in [-0.3, -0.25) is 4.79 Å². The number of carbonyl (C=O) groups is 1. The van der Waals surface area contributed by atoms with Crippen LogP contribution in [0.4, 0.5) is 0 Å². The van der Waals surface area contributed by atoms with Crippen LogP contribution in [-0.2, 0) is 11.2 Å². The minimum atomic E-state index is -0.741. The van der Waals surface area contributed by atoms with Gasteiger partial charge in [-0.2, -0.15) is 0 Å². The molecule has 0 spiro atoms. The molecule has 0 fully saturated rings. The van der Waals surface area contributed by atoms with Gasteiger partial charge < -0.3 is 14.6 Å². The number of thiophene rings is 1. The highest BCUT2D eigenvalue weighted by molar-refractivity contribution is 9.09. The molecule has 0 aliphatic heterocycles. The third-order valence-electron chi connectivity index (χ3n) is 3.63. The highest BCUT2D eigenvalue weighted by Gasteiger charge is 2.13. The van der Waals surface area contributed by atoms with Gasteiger partial charge in [0, 0.05) is 21.0 Å². The Hall–Kier alpha value is -1.27. The van der Waals surface area contributed by atoms with Gasteiger partial charge in [0.15, 0.2) is 11.5 Å². The summed E-state index contributed by atoms with van der Waals surface area (Å²) in [7, 11) is 1.64. The maximum absolute atomic E-state index is 10.9. The molecule has 0 radical (unpaired) electrons. The molecule has 23 heavy (non-hydrogen) atoms. The Balaban J connectivity index is 2.16. The van der Waals surface area contributed by atoms with Crippen molar-refractivity contribution in [1.82, 2.24) is 0 Å². The van der Waals surface area contributed by atoms with Gasteiger partial charge in [0.05, 0.1) is 19.6 Å². The summed E-state index contributed by atoms with van der Waals surface area (Å²) in [6.45, 7) is 2.38. The van der Waals surface area contributed by atoms with Crippen LogP contribution < -0.4 is 9.47 Å². The predicted molar refractivity (Wildman–Crippen MR) is 97.4 cm³/mol. The number of alkyl halides is 1. The first-order chi connectivity index (χ1) is 11.0. The van der Waals surface area contributed by atoms with Gasteiger partial charge in [0.1, 0.15) is 0 Å². The lowest BCUT2D eigenvalue weighted by Crippen LogP contribution is -2.09. The Morgan fingerprint density at radius 3 is 2.78 bits per heavy atom. The Bertz CT molecular complexity index is 668. The molecule has 0 bridgehead atoms. The van der Waals surface area contributed by atoms with Crippen LogP contribution in [0, 0.1) is 5.92 Å². The molecule has 0 saturated carbocycles. The van der Waals surface area contributed by atoms with Crippen molar-refractivity contribution in [2.75, 3.05) is 19.0 Å². The molecule has 1 heterocycles. The standard InChI is InChI=1S/C17H21BrO4S/c1-11(17(19)20)4-5-13-8-12-9-15(22-7-3-6-18)14(21-2)10-16(12)23-13/h8-11H,3-7H2,1-2H3,(H,19,20)/t11-/m0/s1. The summed E-state index contributed by atoms with van der Waals surface area (Å²) in [4.78, 5) is 12.1. The number of rotatable bonds is 9. The number of fused-ring (bicyclic) bond motifs is 1. The predicted octanol–water partition coefficient (Wildman–Crippen LogP) is 4.73. The van der Waals surface area contributed by atoms with E-state index < -0.39 is 5.97 Å². The summed E-state index contributed by atoms with van der Waals surface area (Å²) in [5, 5.41) is 11.0. The van der Waals surface area contributed by atoms with Crippen LogP contribution in [0.2, 0.25) is 0 Å². The topological polar surface area (TPSA) is 55.8 Å². The Labute approximate surface area is 148 Å². The van der Waals surface area contributed by atoms with Gasteiger partial charge >= 0.3 is 5.97 Å². The van der Waals surface area contributed by atoms with Gasteiger partial charge in [-0.15, -0.1) is 11.3 Å². The number of ether oxygens (including phenoxy) is 2. The van der Waals surface area contributed by atoms with Crippen LogP contribution >= 0.6 is 27.3 Å². The fraction of sp³-hybridized carbons (Fsp3) is 0.471. The van der Waals surface area contributed by atoms with Crippen LogP contribution in [0.25, 0.3) is 10.1 Å². The molecule has 0 saturated heterocycles. The van der Waals surface area contributed by atoms with Gasteiger partial charge in [0.2, 0.25) is 0 Å². The van der Waals surface area contributed by atoms with Crippen LogP contribution in [0.5, 0.6) is 11.5 Å². The average molecular weight is 401 g/mol. The van der Waals surface area contributed by atoms with Gasteiger partial charge in [-0.05, 0) is 36.8 Å². The smallest absolute Gasteiger partial charge is 0.306 e. The SMILES string of the molecule is COc1cc2sc(CC[C@H](C)C(=O)O)cc2cc1OCCCBr. The number of methoxy groups -OCH3 is 1. The van der Waals surface area contributed by atoms with E-state index in [9.17, 15) is 4.79 Å². The number of hydrogen-bond acceptors (Lipinski definition) is 4. The second-order valence-corrected chi connectivity index (χ2v) is 7.38. The molecule has 1 aromatic heterocycles. The molecule has 2 aromatic rings. The van der Waals surface area contributed by atoms with Crippen molar-refractivity contribution in [2.45, 2.75) is 26.2 Å². The summed E-state index contributed by atoms with van der Waals surface area (Å²) >= 11 is 5.07. The molecule has 1 N–H and O–H groups in total. The van der Waals surface area contributed by atoms with Crippen molar-refractivity contribution in [3.8, 4) is 11.5 Å². The van der Waals surface area contributed by atoms with E-state index >= 15 is 0 Å². The zero-order valence-electron chi connectivity index (χ0n) is 13.3. The van der Waals surface area contributed by atoms with Crippen molar-refractivity contribution in [3.05, 3.63) is 23.1 Å². The van der Waals surface area contributed by atoms with Gasteiger partial charge in [-0.1, -0.05) is 22.9 Å². The summed E-state index contributed by atoms with van der Waals surface area (Å²) < 4.78 is 12.3. The highest BCUT2D eigenvalue weighted by Crippen LogP contribution is 2.37. The van der Waals surface area contributed by atoms with Crippen molar-refractivity contribution in [2.24, 2.45) is 5.92 Å². The molecular weight excluding hydrogens is 380 g/mol. The number of aliphatic carboxylic acids is 1. The normalized spacial score (nSPS) is 12.3. The maximum atomic E-state index is 10.9. The van der Waals surface area contributed by atoms with E-state index in [0.717, 1.165) is 39.8 Å². The lowest BCUT2D eigenvalue weighted by atomic mass is 10.1. The summed E-state index contributed by atoms with van der Waals surface area (Å²) in [5.41, 5.74) is 0. The lowest BCUT2D eigenvalue weighted by Gasteiger charge is -2.10. The summed E-state index contributed by atoms with van der Waals surface area (Å²) in [6.07, 6.45) is 2.35. The third kappa shape index (κ3) is 4.85. The van der Waals surface area contributed by atoms with E-state index in [-0.39, 0.29) is 5.92 Å². The fourth-order valence-corrected chi connectivity index (χ4v) is 3.54. The van der Waals surface area contributed by atoms with Gasteiger partial charge in [-0.25, -0.2) is 0 Å². The first kappa shape index (κ1) is 18.1. The molecule has 4 nitrogen and oxygen atoms in total. The fourth-order valence-electron chi connectivity index (χ4n) is 2.22. The number of carboxylic acid groups (broad SMARTS) is 1. The molecule has 0 amide bonds. The average Bonchev–Trinajstić information content (AvgIpc) is 2.93. The number of hydrogen-bond donors (Lipinski definition) is 1. The van der Waals surface area contributed by atoms with Crippen LogP contribution in [0.1, 0.15) is 24.6 Å². The molecule has 1 aromatic carbocycles. The van der Waals surface area contributed by atoms with E-state index in [1.165, 1.54) is 4.88 Å². The number of halogens is 1. The summed E-state index contributed by atoms with van der Waals surface area (Å²) in [6, 6.07) is 6.11. The summed E-state index contributed by atoms with van der Waals surface area (Å²) in [5.74, 6) is 0.428. The zero-order valence-corrected chi connectivity index (χ0v) is 15.7. The first-order valence-corrected chi connectivity index (χ1v) is 9.51. The third-order valence-corrected chi connectivity index (χ3v) is 5.35. The van der Waals surface area contributed by atoms with Crippen molar-refractivity contribution in [1.29, 1.82) is 0 Å². The first-order valence-electron chi connectivity index (χ1n) is 7.57. The highest BCUT2D eigenvalue weighted by atomic mass is 79.9. The van der Waals surface area contributed by atoms with Crippen molar-refractivity contribution < 1.29 is 19.4 Å². The maximum Gasteiger partial charge on any atom is 0.306 e. The molecule has 0 aliphatic carbocycles. The zero-order chi connectivity index (χ0) is 16.8.